The average molecular weight is 322 g/mol. The van der Waals surface area contributed by atoms with Crippen LogP contribution < -0.4 is 15.2 Å². The quantitative estimate of drug-likeness (QED) is 0.765. The Labute approximate surface area is 140 Å². The van der Waals surface area contributed by atoms with Crippen molar-refractivity contribution in [1.82, 2.24) is 4.98 Å². The van der Waals surface area contributed by atoms with Gasteiger partial charge >= 0.3 is 0 Å². The molecule has 3 aromatic rings. The van der Waals surface area contributed by atoms with E-state index in [1.165, 1.54) is 7.11 Å². The summed E-state index contributed by atoms with van der Waals surface area (Å²) in [5, 5.41) is 9.76. The second-order valence-electron chi connectivity index (χ2n) is 5.28. The van der Waals surface area contributed by atoms with Gasteiger partial charge in [0.05, 0.1) is 14.2 Å². The Bertz CT molecular complexity index is 878. The maximum atomic E-state index is 9.76. The van der Waals surface area contributed by atoms with Gasteiger partial charge in [-0.2, -0.15) is 0 Å². The number of hydrogen-bond acceptors (Lipinski definition) is 5. The highest BCUT2D eigenvalue weighted by Gasteiger charge is 2.10. The van der Waals surface area contributed by atoms with Gasteiger partial charge in [-0.1, -0.05) is 18.2 Å². The molecule has 1 aromatic heterocycles. The van der Waals surface area contributed by atoms with Crippen LogP contribution in [-0.2, 0) is 0 Å². The average Bonchev–Trinajstić information content (AvgIpc) is 2.63. The van der Waals surface area contributed by atoms with Crippen molar-refractivity contribution >= 4 is 5.82 Å². The van der Waals surface area contributed by atoms with Crippen LogP contribution in [0.3, 0.4) is 0 Å². The first-order chi connectivity index (χ1) is 11.6. The molecule has 0 saturated heterocycles. The summed E-state index contributed by atoms with van der Waals surface area (Å²) in [6, 6.07) is 14.8. The molecule has 0 unspecified atom stereocenters. The van der Waals surface area contributed by atoms with Crippen LogP contribution >= 0.6 is 0 Å². The smallest absolute Gasteiger partial charge is 0.161 e. The van der Waals surface area contributed by atoms with Crippen molar-refractivity contribution in [2.75, 3.05) is 20.0 Å². The van der Waals surface area contributed by atoms with Crippen LogP contribution in [0.1, 0.15) is 0 Å². The van der Waals surface area contributed by atoms with Crippen LogP contribution in [0.25, 0.3) is 22.3 Å². The van der Waals surface area contributed by atoms with E-state index in [0.717, 1.165) is 28.0 Å². The van der Waals surface area contributed by atoms with Crippen LogP contribution in [-0.4, -0.2) is 24.3 Å². The molecule has 1 heterocycles. The van der Waals surface area contributed by atoms with Crippen molar-refractivity contribution in [3.63, 3.8) is 0 Å². The van der Waals surface area contributed by atoms with E-state index in [-0.39, 0.29) is 5.75 Å². The molecule has 3 rings (SSSR count). The predicted molar refractivity (Wildman–Crippen MR) is 94.3 cm³/mol. The number of aromatic nitrogens is 1. The number of aromatic hydroxyl groups is 1. The van der Waals surface area contributed by atoms with Gasteiger partial charge in [0.1, 0.15) is 11.6 Å². The molecule has 0 bridgehead atoms. The Morgan fingerprint density at radius 3 is 2.50 bits per heavy atom. The topological polar surface area (TPSA) is 77.6 Å². The number of rotatable bonds is 4. The minimum Gasteiger partial charge on any atom is -0.504 e. The molecule has 3 N–H and O–H groups in total. The zero-order chi connectivity index (χ0) is 17.1. The van der Waals surface area contributed by atoms with Gasteiger partial charge in [0.15, 0.2) is 11.5 Å². The zero-order valence-electron chi connectivity index (χ0n) is 13.5. The highest BCUT2D eigenvalue weighted by Crippen LogP contribution is 2.35. The monoisotopic (exact) mass is 322 g/mol. The minimum atomic E-state index is 0.0803. The maximum Gasteiger partial charge on any atom is 0.161 e. The van der Waals surface area contributed by atoms with E-state index in [1.54, 1.807) is 31.5 Å². The van der Waals surface area contributed by atoms with Gasteiger partial charge in [0.2, 0.25) is 0 Å². The number of phenols is 1. The molecule has 0 saturated carbocycles. The Hall–Kier alpha value is -3.21. The molecule has 0 spiro atoms. The fourth-order valence-corrected chi connectivity index (χ4v) is 2.51. The number of hydrogen-bond donors (Lipinski definition) is 2. The summed E-state index contributed by atoms with van der Waals surface area (Å²) in [5.74, 6) is 1.65. The lowest BCUT2D eigenvalue weighted by molar-refractivity contribution is 0.373. The number of benzene rings is 2. The number of ether oxygens (including phenoxy) is 2. The van der Waals surface area contributed by atoms with E-state index in [0.29, 0.717) is 11.6 Å². The third-order valence-corrected chi connectivity index (χ3v) is 3.81. The van der Waals surface area contributed by atoms with Crippen molar-refractivity contribution in [1.29, 1.82) is 0 Å². The van der Waals surface area contributed by atoms with Crippen LogP contribution in [0.15, 0.2) is 54.7 Å². The van der Waals surface area contributed by atoms with E-state index in [1.807, 2.05) is 30.3 Å². The van der Waals surface area contributed by atoms with Gasteiger partial charge < -0.3 is 20.3 Å². The molecule has 5 heteroatoms. The molecule has 0 aliphatic heterocycles. The second kappa shape index (κ2) is 6.50. The van der Waals surface area contributed by atoms with E-state index < -0.39 is 0 Å². The zero-order valence-corrected chi connectivity index (χ0v) is 13.5. The maximum absolute atomic E-state index is 9.76. The van der Waals surface area contributed by atoms with Gasteiger partial charge in [-0.05, 0) is 41.5 Å². The normalized spacial score (nSPS) is 10.4. The Kier molecular flexibility index (Phi) is 4.24. The molecule has 0 atom stereocenters. The lowest BCUT2D eigenvalue weighted by Gasteiger charge is -2.11. The molecular formula is C19H18N2O3. The molecule has 24 heavy (non-hydrogen) atoms. The first kappa shape index (κ1) is 15.7. The van der Waals surface area contributed by atoms with Gasteiger partial charge in [0, 0.05) is 17.3 Å². The molecule has 0 radical (unpaired) electrons. The van der Waals surface area contributed by atoms with E-state index in [9.17, 15) is 5.11 Å². The first-order valence-electron chi connectivity index (χ1n) is 7.39. The number of nitrogens with two attached hydrogens (primary N) is 1. The molecule has 2 aromatic carbocycles. The molecular weight excluding hydrogens is 304 g/mol. The van der Waals surface area contributed by atoms with Crippen LogP contribution in [0, 0.1) is 0 Å². The van der Waals surface area contributed by atoms with Crippen molar-refractivity contribution in [2.45, 2.75) is 0 Å². The van der Waals surface area contributed by atoms with E-state index >= 15 is 0 Å². The number of phenolic OH excluding ortho intramolecular Hbond substituents is 1. The fourth-order valence-electron chi connectivity index (χ4n) is 2.51. The third kappa shape index (κ3) is 2.96. The summed E-state index contributed by atoms with van der Waals surface area (Å²) >= 11 is 0. The molecule has 0 aliphatic carbocycles. The number of pyridine rings is 1. The van der Waals surface area contributed by atoms with Crippen LogP contribution in [0.5, 0.6) is 17.2 Å². The standard InChI is InChI=1S/C19H18N2O3/c1-23-15-5-3-4-12(8-15)14-9-16(19(20)21-11-14)13-6-7-17(22)18(10-13)24-2/h3-11,22H,1-2H3,(H2,20,21). The number of anilines is 1. The van der Waals surface area contributed by atoms with E-state index in [4.69, 9.17) is 15.2 Å². The summed E-state index contributed by atoms with van der Waals surface area (Å²) < 4.78 is 10.4. The largest absolute Gasteiger partial charge is 0.504 e. The molecule has 5 nitrogen and oxygen atoms in total. The highest BCUT2D eigenvalue weighted by atomic mass is 16.5. The van der Waals surface area contributed by atoms with Crippen LogP contribution in [0.4, 0.5) is 5.82 Å². The molecule has 122 valence electrons. The highest BCUT2D eigenvalue weighted by molar-refractivity contribution is 5.80. The SMILES string of the molecule is COc1cccc(-c2cnc(N)c(-c3ccc(O)c(OC)c3)c2)c1. The van der Waals surface area contributed by atoms with Crippen molar-refractivity contribution in [3.8, 4) is 39.5 Å². The number of nitrogen functional groups attached to an aromatic ring is 1. The lowest BCUT2D eigenvalue weighted by Crippen LogP contribution is -1.95. The summed E-state index contributed by atoms with van der Waals surface area (Å²) in [6.45, 7) is 0. The first-order valence-corrected chi connectivity index (χ1v) is 7.39. The summed E-state index contributed by atoms with van der Waals surface area (Å²) in [5.41, 5.74) is 9.54. The van der Waals surface area contributed by atoms with Gasteiger partial charge in [-0.3, -0.25) is 0 Å². The van der Waals surface area contributed by atoms with Gasteiger partial charge in [0.25, 0.3) is 0 Å². The Morgan fingerprint density at radius 1 is 0.917 bits per heavy atom. The summed E-state index contributed by atoms with van der Waals surface area (Å²) in [4.78, 5) is 4.30. The molecule has 0 aliphatic rings. The number of nitrogens with zero attached hydrogens (tertiary/aromatic N) is 1. The summed E-state index contributed by atoms with van der Waals surface area (Å²) in [6.07, 6.45) is 1.73. The Morgan fingerprint density at radius 2 is 1.75 bits per heavy atom. The van der Waals surface area contributed by atoms with Gasteiger partial charge in [-0.25, -0.2) is 4.98 Å². The predicted octanol–water partition coefficient (Wildman–Crippen LogP) is 3.72. The van der Waals surface area contributed by atoms with Crippen LogP contribution in [0.2, 0.25) is 0 Å². The number of methoxy groups -OCH3 is 2. The lowest BCUT2D eigenvalue weighted by atomic mass is 10.0. The van der Waals surface area contributed by atoms with Crippen molar-refractivity contribution in [3.05, 3.63) is 54.7 Å². The summed E-state index contributed by atoms with van der Waals surface area (Å²) in [7, 11) is 3.14. The minimum absolute atomic E-state index is 0.0803. The molecule has 0 amide bonds. The van der Waals surface area contributed by atoms with Crippen molar-refractivity contribution in [2.24, 2.45) is 0 Å². The Balaban J connectivity index is 2.09. The second-order valence-corrected chi connectivity index (χ2v) is 5.28. The van der Waals surface area contributed by atoms with Gasteiger partial charge in [-0.15, -0.1) is 0 Å². The third-order valence-electron chi connectivity index (χ3n) is 3.81. The van der Waals surface area contributed by atoms with E-state index in [2.05, 4.69) is 4.98 Å². The molecule has 0 fully saturated rings. The fraction of sp³-hybridized carbons (Fsp3) is 0.105. The van der Waals surface area contributed by atoms with Crippen molar-refractivity contribution < 1.29 is 14.6 Å².